The monoisotopic (exact) mass is 294 g/mol. The molecular weight excluding hydrogens is 272 g/mol. The Bertz CT molecular complexity index is 618. The average molecular weight is 294 g/mol. The maximum atomic E-state index is 12.1. The van der Waals surface area contributed by atoms with Gasteiger partial charge in [-0.05, 0) is 18.4 Å². The normalized spacial score (nSPS) is 11.3. The van der Waals surface area contributed by atoms with Gasteiger partial charge in [-0.1, -0.05) is 60.7 Å². The molecule has 2 aromatic carbocycles. The summed E-state index contributed by atoms with van der Waals surface area (Å²) in [6.45, 7) is 0. The first-order valence-electron chi connectivity index (χ1n) is 7.55. The maximum Gasteiger partial charge on any atom is 0.162 e. The fourth-order valence-electron chi connectivity index (χ4n) is 2.31. The van der Waals surface area contributed by atoms with E-state index in [1.807, 2.05) is 62.6 Å². The molecule has 0 unspecified atom stereocenters. The molecule has 3 nitrogen and oxygen atoms in total. The third kappa shape index (κ3) is 4.85. The topological polar surface area (TPSA) is 32.7 Å². The Hall–Kier alpha value is -2.42. The van der Waals surface area contributed by atoms with Gasteiger partial charge in [0.1, 0.15) is 0 Å². The molecule has 0 amide bonds. The predicted octanol–water partition coefficient (Wildman–Crippen LogP) is 4.01. The Kier molecular flexibility index (Phi) is 5.90. The number of Topliss-reactive ketones (excluding diaryl/α,β-unsaturated/α-hetero) is 1. The summed E-state index contributed by atoms with van der Waals surface area (Å²) in [5, 5.41) is 6.36. The highest BCUT2D eigenvalue weighted by molar-refractivity contribution is 6.01. The van der Waals surface area contributed by atoms with Crippen molar-refractivity contribution < 1.29 is 4.79 Å². The summed E-state index contributed by atoms with van der Waals surface area (Å²) in [7, 11) is 3.83. The van der Waals surface area contributed by atoms with Gasteiger partial charge in [-0.3, -0.25) is 4.79 Å². The van der Waals surface area contributed by atoms with Crippen molar-refractivity contribution in [3.05, 3.63) is 71.8 Å². The Morgan fingerprint density at radius 2 is 1.41 bits per heavy atom. The van der Waals surface area contributed by atoms with Crippen LogP contribution >= 0.6 is 0 Å². The quantitative estimate of drug-likeness (QED) is 0.439. The van der Waals surface area contributed by atoms with E-state index in [2.05, 4.69) is 17.2 Å². The van der Waals surface area contributed by atoms with E-state index in [0.717, 1.165) is 29.7 Å². The summed E-state index contributed by atoms with van der Waals surface area (Å²) < 4.78 is 0. The lowest BCUT2D eigenvalue weighted by Gasteiger charge is -2.11. The van der Waals surface area contributed by atoms with E-state index in [9.17, 15) is 4.79 Å². The van der Waals surface area contributed by atoms with Crippen molar-refractivity contribution in [2.75, 3.05) is 14.1 Å². The molecule has 0 aliphatic carbocycles. The summed E-state index contributed by atoms with van der Waals surface area (Å²) in [6, 6.07) is 19.6. The van der Waals surface area contributed by atoms with Gasteiger partial charge in [0.15, 0.2) is 5.78 Å². The number of carbonyl (C=O) groups excluding carboxylic acids is 1. The summed E-state index contributed by atoms with van der Waals surface area (Å²) in [4.78, 5) is 12.1. The fourth-order valence-corrected chi connectivity index (χ4v) is 2.31. The molecule has 0 aliphatic heterocycles. The lowest BCUT2D eigenvalue weighted by molar-refractivity contribution is 0.0981. The van der Waals surface area contributed by atoms with Crippen LogP contribution in [0.3, 0.4) is 0 Å². The van der Waals surface area contributed by atoms with Crippen LogP contribution in [-0.2, 0) is 0 Å². The van der Waals surface area contributed by atoms with Crippen molar-refractivity contribution in [3.63, 3.8) is 0 Å². The Morgan fingerprint density at radius 1 is 0.864 bits per heavy atom. The van der Waals surface area contributed by atoms with Crippen molar-refractivity contribution in [3.8, 4) is 0 Å². The molecule has 0 fully saturated rings. The van der Waals surface area contributed by atoms with Gasteiger partial charge in [0.25, 0.3) is 0 Å². The van der Waals surface area contributed by atoms with E-state index in [1.54, 1.807) is 5.01 Å². The van der Waals surface area contributed by atoms with Gasteiger partial charge < -0.3 is 5.01 Å². The van der Waals surface area contributed by atoms with Crippen molar-refractivity contribution in [2.45, 2.75) is 19.3 Å². The Morgan fingerprint density at radius 3 is 1.95 bits per heavy atom. The van der Waals surface area contributed by atoms with Gasteiger partial charge >= 0.3 is 0 Å². The molecule has 0 heterocycles. The molecule has 0 N–H and O–H groups in total. The van der Waals surface area contributed by atoms with Gasteiger partial charge in [-0.15, -0.1) is 0 Å². The second kappa shape index (κ2) is 8.13. The summed E-state index contributed by atoms with van der Waals surface area (Å²) in [5.41, 5.74) is 2.92. The van der Waals surface area contributed by atoms with Crippen LogP contribution in [0.4, 0.5) is 0 Å². The predicted molar refractivity (Wildman–Crippen MR) is 91.3 cm³/mol. The zero-order chi connectivity index (χ0) is 15.8. The number of hydrazone groups is 1. The zero-order valence-corrected chi connectivity index (χ0v) is 13.2. The van der Waals surface area contributed by atoms with Crippen LogP contribution in [0.25, 0.3) is 0 Å². The SMILES string of the molecule is CN(C)/N=C(\CCCC(=O)c1ccccc1)c1ccccc1. The molecule has 0 spiro atoms. The summed E-state index contributed by atoms with van der Waals surface area (Å²) in [6.07, 6.45) is 2.14. The molecule has 0 aliphatic rings. The molecule has 114 valence electrons. The van der Waals surface area contributed by atoms with E-state index in [-0.39, 0.29) is 5.78 Å². The van der Waals surface area contributed by atoms with Crippen LogP contribution in [0.5, 0.6) is 0 Å². The minimum atomic E-state index is 0.192. The summed E-state index contributed by atoms with van der Waals surface area (Å²) >= 11 is 0. The molecule has 0 saturated heterocycles. The number of ketones is 1. The molecule has 2 rings (SSSR count). The maximum absolute atomic E-state index is 12.1. The van der Waals surface area contributed by atoms with Gasteiger partial charge in [0.05, 0.1) is 5.71 Å². The lowest BCUT2D eigenvalue weighted by atomic mass is 10.0. The van der Waals surface area contributed by atoms with Gasteiger partial charge in [-0.25, -0.2) is 0 Å². The molecule has 3 heteroatoms. The number of benzene rings is 2. The number of nitrogens with zero attached hydrogens (tertiary/aromatic N) is 2. The van der Waals surface area contributed by atoms with E-state index in [4.69, 9.17) is 0 Å². The number of carbonyl (C=O) groups is 1. The molecule has 0 atom stereocenters. The number of rotatable bonds is 7. The van der Waals surface area contributed by atoms with Gasteiger partial charge in [0.2, 0.25) is 0 Å². The van der Waals surface area contributed by atoms with Crippen LogP contribution < -0.4 is 0 Å². The first kappa shape index (κ1) is 16.0. The van der Waals surface area contributed by atoms with Gasteiger partial charge in [-0.2, -0.15) is 5.10 Å². The van der Waals surface area contributed by atoms with Gasteiger partial charge in [0, 0.05) is 26.1 Å². The number of hydrogen-bond donors (Lipinski definition) is 0. The molecule has 0 aromatic heterocycles. The standard InChI is InChI=1S/C19H22N2O/c1-21(2)20-18(16-10-5-3-6-11-16)14-9-15-19(22)17-12-7-4-8-13-17/h3-8,10-13H,9,14-15H2,1-2H3/b20-18+. The van der Waals surface area contributed by atoms with Crippen molar-refractivity contribution in [1.82, 2.24) is 5.01 Å². The van der Waals surface area contributed by atoms with Crippen LogP contribution in [0.2, 0.25) is 0 Å². The molecular formula is C19H22N2O. The van der Waals surface area contributed by atoms with Crippen molar-refractivity contribution in [1.29, 1.82) is 0 Å². The highest BCUT2D eigenvalue weighted by Gasteiger charge is 2.08. The Balaban J connectivity index is 1.97. The average Bonchev–Trinajstić information content (AvgIpc) is 2.55. The molecule has 2 aromatic rings. The van der Waals surface area contributed by atoms with Crippen LogP contribution in [0.15, 0.2) is 65.8 Å². The van der Waals surface area contributed by atoms with Crippen LogP contribution in [0.1, 0.15) is 35.2 Å². The summed E-state index contributed by atoms with van der Waals surface area (Å²) in [5.74, 6) is 0.192. The van der Waals surface area contributed by atoms with E-state index >= 15 is 0 Å². The second-order valence-corrected chi connectivity index (χ2v) is 5.40. The van der Waals surface area contributed by atoms with E-state index in [0.29, 0.717) is 6.42 Å². The number of hydrogen-bond acceptors (Lipinski definition) is 3. The first-order chi connectivity index (χ1) is 10.7. The first-order valence-corrected chi connectivity index (χ1v) is 7.55. The molecule has 0 radical (unpaired) electrons. The largest absolute Gasteiger partial charge is 0.303 e. The minimum absolute atomic E-state index is 0.192. The van der Waals surface area contributed by atoms with Crippen molar-refractivity contribution >= 4 is 11.5 Å². The van der Waals surface area contributed by atoms with Crippen LogP contribution in [0, 0.1) is 0 Å². The zero-order valence-electron chi connectivity index (χ0n) is 13.2. The van der Waals surface area contributed by atoms with Crippen molar-refractivity contribution in [2.24, 2.45) is 5.10 Å². The highest BCUT2D eigenvalue weighted by Crippen LogP contribution is 2.12. The molecule has 22 heavy (non-hydrogen) atoms. The Labute approximate surface area is 132 Å². The molecule has 0 bridgehead atoms. The highest BCUT2D eigenvalue weighted by atomic mass is 16.1. The minimum Gasteiger partial charge on any atom is -0.303 e. The fraction of sp³-hybridized carbons (Fsp3) is 0.263. The van der Waals surface area contributed by atoms with E-state index < -0.39 is 0 Å². The lowest BCUT2D eigenvalue weighted by Crippen LogP contribution is -2.11. The van der Waals surface area contributed by atoms with Crippen LogP contribution in [-0.4, -0.2) is 30.6 Å². The smallest absolute Gasteiger partial charge is 0.162 e. The molecule has 0 saturated carbocycles. The third-order valence-electron chi connectivity index (χ3n) is 3.34. The van der Waals surface area contributed by atoms with E-state index in [1.165, 1.54) is 0 Å². The third-order valence-corrected chi connectivity index (χ3v) is 3.34. The second-order valence-electron chi connectivity index (χ2n) is 5.40.